The van der Waals surface area contributed by atoms with Gasteiger partial charge in [0.1, 0.15) is 6.04 Å². The molecule has 0 amide bonds. The average molecular weight is 221 g/mol. The number of ether oxygens (including phenoxy) is 1. The summed E-state index contributed by atoms with van der Waals surface area (Å²) in [7, 11) is 0. The highest BCUT2D eigenvalue weighted by Crippen LogP contribution is 2.12. The Bertz CT molecular complexity index is 353. The molecule has 4 heteroatoms. The molecule has 1 aliphatic heterocycles. The molecule has 1 aliphatic rings. The normalized spacial score (nSPS) is 24.5. The Labute approximate surface area is 94.2 Å². The third-order valence-electron chi connectivity index (χ3n) is 2.72. The molecule has 2 atom stereocenters. The number of carboxylic acids is 1. The first kappa shape index (κ1) is 11.1. The van der Waals surface area contributed by atoms with Crippen molar-refractivity contribution < 1.29 is 14.6 Å². The van der Waals surface area contributed by atoms with Crippen molar-refractivity contribution >= 4 is 5.97 Å². The minimum absolute atomic E-state index is 0.00121. The van der Waals surface area contributed by atoms with Gasteiger partial charge in [0.05, 0.1) is 12.7 Å². The predicted molar refractivity (Wildman–Crippen MR) is 59.1 cm³/mol. The van der Waals surface area contributed by atoms with Crippen molar-refractivity contribution in [2.24, 2.45) is 0 Å². The van der Waals surface area contributed by atoms with Crippen LogP contribution in [-0.2, 0) is 16.1 Å². The Morgan fingerprint density at radius 1 is 1.44 bits per heavy atom. The molecule has 1 heterocycles. The molecule has 0 bridgehead atoms. The van der Waals surface area contributed by atoms with E-state index in [0.717, 1.165) is 5.56 Å². The van der Waals surface area contributed by atoms with Gasteiger partial charge in [0, 0.05) is 13.0 Å². The zero-order valence-electron chi connectivity index (χ0n) is 8.93. The van der Waals surface area contributed by atoms with Crippen molar-refractivity contribution in [2.45, 2.75) is 25.2 Å². The van der Waals surface area contributed by atoms with Crippen LogP contribution in [0.25, 0.3) is 0 Å². The molecular formula is C12H15NO3. The average Bonchev–Trinajstić information content (AvgIpc) is 2.76. The van der Waals surface area contributed by atoms with E-state index in [0.29, 0.717) is 19.6 Å². The van der Waals surface area contributed by atoms with Crippen LogP contribution in [0.4, 0.5) is 0 Å². The van der Waals surface area contributed by atoms with Crippen molar-refractivity contribution in [2.75, 3.05) is 6.54 Å². The first-order valence-corrected chi connectivity index (χ1v) is 5.37. The summed E-state index contributed by atoms with van der Waals surface area (Å²) in [6, 6.07) is 9.42. The van der Waals surface area contributed by atoms with Gasteiger partial charge < -0.3 is 15.2 Å². The molecule has 2 N–H and O–H groups in total. The van der Waals surface area contributed by atoms with Gasteiger partial charge in [-0.15, -0.1) is 0 Å². The van der Waals surface area contributed by atoms with Crippen molar-refractivity contribution in [1.82, 2.24) is 5.32 Å². The molecule has 86 valence electrons. The van der Waals surface area contributed by atoms with Crippen LogP contribution in [0.1, 0.15) is 12.0 Å². The van der Waals surface area contributed by atoms with E-state index >= 15 is 0 Å². The van der Waals surface area contributed by atoms with E-state index < -0.39 is 12.0 Å². The molecule has 1 aromatic rings. The van der Waals surface area contributed by atoms with E-state index in [1.165, 1.54) is 0 Å². The number of hydrogen-bond acceptors (Lipinski definition) is 3. The van der Waals surface area contributed by atoms with Crippen molar-refractivity contribution in [3.63, 3.8) is 0 Å². The Hall–Kier alpha value is -1.39. The largest absolute Gasteiger partial charge is 0.480 e. The van der Waals surface area contributed by atoms with Crippen LogP contribution >= 0.6 is 0 Å². The fourth-order valence-electron chi connectivity index (χ4n) is 1.81. The summed E-state index contributed by atoms with van der Waals surface area (Å²) in [6.07, 6.45) is 0.545. The fourth-order valence-corrected chi connectivity index (χ4v) is 1.81. The second-order valence-electron chi connectivity index (χ2n) is 3.95. The molecule has 0 aromatic heterocycles. The number of nitrogens with one attached hydrogen (secondary N) is 1. The summed E-state index contributed by atoms with van der Waals surface area (Å²) in [6.45, 7) is 1.16. The van der Waals surface area contributed by atoms with Crippen LogP contribution in [0.2, 0.25) is 0 Å². The van der Waals surface area contributed by atoms with Gasteiger partial charge in [-0.3, -0.25) is 4.79 Å². The van der Waals surface area contributed by atoms with Gasteiger partial charge in [0.25, 0.3) is 0 Å². The lowest BCUT2D eigenvalue weighted by Gasteiger charge is -2.10. The van der Waals surface area contributed by atoms with Crippen LogP contribution < -0.4 is 5.32 Å². The number of carboxylic acid groups (broad SMARTS) is 1. The van der Waals surface area contributed by atoms with E-state index in [4.69, 9.17) is 9.84 Å². The standard InChI is InChI=1S/C12H15NO3/c14-12(15)11-6-10(7-13-11)16-8-9-4-2-1-3-5-9/h1-5,10-11,13H,6-8H2,(H,14,15)/t10-,11+/m1/s1. The number of hydrogen-bond donors (Lipinski definition) is 2. The van der Waals surface area contributed by atoms with Gasteiger partial charge in [-0.25, -0.2) is 0 Å². The minimum Gasteiger partial charge on any atom is -0.480 e. The quantitative estimate of drug-likeness (QED) is 0.797. The maximum absolute atomic E-state index is 10.7. The smallest absolute Gasteiger partial charge is 0.320 e. The summed E-state index contributed by atoms with van der Waals surface area (Å²) in [4.78, 5) is 10.7. The van der Waals surface area contributed by atoms with Crippen LogP contribution in [0.3, 0.4) is 0 Å². The third-order valence-corrected chi connectivity index (χ3v) is 2.72. The maximum atomic E-state index is 10.7. The summed E-state index contributed by atoms with van der Waals surface area (Å²) in [5, 5.41) is 11.7. The highest BCUT2D eigenvalue weighted by molar-refractivity contribution is 5.73. The van der Waals surface area contributed by atoms with Gasteiger partial charge in [-0.1, -0.05) is 30.3 Å². The van der Waals surface area contributed by atoms with E-state index in [1.54, 1.807) is 0 Å². The molecule has 0 aliphatic carbocycles. The van der Waals surface area contributed by atoms with E-state index in [1.807, 2.05) is 30.3 Å². The molecule has 0 unspecified atom stereocenters. The number of aliphatic carboxylic acids is 1. The van der Waals surface area contributed by atoms with Gasteiger partial charge in [0.2, 0.25) is 0 Å². The molecule has 2 rings (SSSR count). The SMILES string of the molecule is O=C(O)[C@@H]1C[C@@H](OCc2ccccc2)CN1. The molecule has 0 spiro atoms. The summed E-state index contributed by atoms with van der Waals surface area (Å²) in [5.74, 6) is -0.800. The summed E-state index contributed by atoms with van der Waals surface area (Å²) < 4.78 is 5.64. The van der Waals surface area contributed by atoms with Gasteiger partial charge in [0.15, 0.2) is 0 Å². The molecule has 0 saturated carbocycles. The lowest BCUT2D eigenvalue weighted by Crippen LogP contribution is -2.29. The van der Waals surface area contributed by atoms with Gasteiger partial charge in [-0.2, -0.15) is 0 Å². The van der Waals surface area contributed by atoms with Crippen LogP contribution in [-0.4, -0.2) is 29.8 Å². The molecule has 4 nitrogen and oxygen atoms in total. The zero-order chi connectivity index (χ0) is 11.4. The van der Waals surface area contributed by atoms with Crippen LogP contribution in [0, 0.1) is 0 Å². The molecule has 16 heavy (non-hydrogen) atoms. The number of benzene rings is 1. The lowest BCUT2D eigenvalue weighted by atomic mass is 10.2. The van der Waals surface area contributed by atoms with Crippen LogP contribution in [0.15, 0.2) is 30.3 Å². The Morgan fingerprint density at radius 2 is 2.19 bits per heavy atom. The van der Waals surface area contributed by atoms with E-state index in [-0.39, 0.29) is 6.10 Å². The number of rotatable bonds is 4. The highest BCUT2D eigenvalue weighted by atomic mass is 16.5. The zero-order valence-corrected chi connectivity index (χ0v) is 8.93. The van der Waals surface area contributed by atoms with Gasteiger partial charge >= 0.3 is 5.97 Å². The summed E-state index contributed by atoms with van der Waals surface area (Å²) in [5.41, 5.74) is 1.11. The van der Waals surface area contributed by atoms with Crippen LogP contribution in [0.5, 0.6) is 0 Å². The topological polar surface area (TPSA) is 58.6 Å². The van der Waals surface area contributed by atoms with E-state index in [9.17, 15) is 4.79 Å². The molecule has 1 aromatic carbocycles. The van der Waals surface area contributed by atoms with Gasteiger partial charge in [-0.05, 0) is 5.56 Å². The van der Waals surface area contributed by atoms with Crippen molar-refractivity contribution in [3.05, 3.63) is 35.9 Å². The molecule has 1 fully saturated rings. The summed E-state index contributed by atoms with van der Waals surface area (Å²) >= 11 is 0. The monoisotopic (exact) mass is 221 g/mol. The molecule has 1 saturated heterocycles. The number of carbonyl (C=O) groups is 1. The molecule has 0 radical (unpaired) electrons. The minimum atomic E-state index is -0.800. The first-order valence-electron chi connectivity index (χ1n) is 5.37. The second-order valence-corrected chi connectivity index (χ2v) is 3.95. The van der Waals surface area contributed by atoms with Crippen molar-refractivity contribution in [3.8, 4) is 0 Å². The second kappa shape index (κ2) is 5.09. The Balaban J connectivity index is 1.78. The third kappa shape index (κ3) is 2.81. The predicted octanol–water partition coefficient (Wildman–Crippen LogP) is 1.02. The Kier molecular flexibility index (Phi) is 3.54. The van der Waals surface area contributed by atoms with Crippen molar-refractivity contribution in [1.29, 1.82) is 0 Å². The fraction of sp³-hybridized carbons (Fsp3) is 0.417. The highest BCUT2D eigenvalue weighted by Gasteiger charge is 2.29. The lowest BCUT2D eigenvalue weighted by molar-refractivity contribution is -0.139. The molecular weight excluding hydrogens is 206 g/mol. The Morgan fingerprint density at radius 3 is 2.81 bits per heavy atom. The van der Waals surface area contributed by atoms with E-state index in [2.05, 4.69) is 5.32 Å². The first-order chi connectivity index (χ1) is 7.75. The maximum Gasteiger partial charge on any atom is 0.320 e.